The molecule has 6 heteroatoms. The Labute approximate surface area is 180 Å². The number of benzene rings is 3. The lowest BCUT2D eigenvalue weighted by Gasteiger charge is -2.18. The second-order valence-corrected chi connectivity index (χ2v) is 6.78. The number of carbonyl (C=O) groups excluding carboxylic acids is 2. The zero-order valence-corrected chi connectivity index (χ0v) is 17.2. The number of methoxy groups -OCH3 is 1. The molecule has 0 heterocycles. The summed E-state index contributed by atoms with van der Waals surface area (Å²) in [6.45, 7) is 1.89. The van der Waals surface area contributed by atoms with Gasteiger partial charge in [-0.05, 0) is 36.8 Å². The van der Waals surface area contributed by atoms with Crippen LogP contribution in [0.1, 0.15) is 22.8 Å². The van der Waals surface area contributed by atoms with Crippen LogP contribution in [-0.2, 0) is 14.3 Å². The summed E-state index contributed by atoms with van der Waals surface area (Å²) in [5, 5.41) is 2.76. The standard InChI is InChI=1S/C25H22FNO4/c1-17-12-14-22(30-2)21(16-17)27-25(29)24(19-9-4-3-5-10-19)31-23(28)15-13-18-8-6-7-11-20(18)26/h3-16,24H,1-2H3,(H,27,29)/b15-13+/t24-/m1/s1. The van der Waals surface area contributed by atoms with Gasteiger partial charge in [-0.1, -0.05) is 54.6 Å². The lowest BCUT2D eigenvalue weighted by atomic mass is 10.1. The highest BCUT2D eigenvalue weighted by atomic mass is 19.1. The van der Waals surface area contributed by atoms with Gasteiger partial charge in [0.15, 0.2) is 0 Å². The summed E-state index contributed by atoms with van der Waals surface area (Å²) in [6.07, 6.45) is 1.19. The van der Waals surface area contributed by atoms with E-state index in [1.54, 1.807) is 54.6 Å². The van der Waals surface area contributed by atoms with E-state index in [0.717, 1.165) is 11.6 Å². The van der Waals surface area contributed by atoms with Gasteiger partial charge in [0.2, 0.25) is 6.10 Å². The van der Waals surface area contributed by atoms with Gasteiger partial charge in [-0.3, -0.25) is 4.79 Å². The number of nitrogens with one attached hydrogen (secondary N) is 1. The van der Waals surface area contributed by atoms with Gasteiger partial charge in [0, 0.05) is 17.2 Å². The number of esters is 1. The van der Waals surface area contributed by atoms with E-state index in [1.807, 2.05) is 13.0 Å². The number of hydrogen-bond acceptors (Lipinski definition) is 4. The number of rotatable bonds is 7. The molecule has 0 aliphatic rings. The molecule has 1 N–H and O–H groups in total. The Morgan fingerprint density at radius 1 is 1.00 bits per heavy atom. The molecule has 0 bridgehead atoms. The van der Waals surface area contributed by atoms with Crippen LogP contribution >= 0.6 is 0 Å². The Hall–Kier alpha value is -3.93. The summed E-state index contributed by atoms with van der Waals surface area (Å²) >= 11 is 0. The Morgan fingerprint density at radius 3 is 2.42 bits per heavy atom. The molecule has 0 radical (unpaired) electrons. The molecule has 0 saturated carbocycles. The van der Waals surface area contributed by atoms with Gasteiger partial charge in [-0.25, -0.2) is 9.18 Å². The van der Waals surface area contributed by atoms with Crippen LogP contribution in [0.15, 0.2) is 78.9 Å². The van der Waals surface area contributed by atoms with Crippen molar-refractivity contribution in [1.29, 1.82) is 0 Å². The monoisotopic (exact) mass is 419 g/mol. The van der Waals surface area contributed by atoms with E-state index in [4.69, 9.17) is 9.47 Å². The van der Waals surface area contributed by atoms with Gasteiger partial charge in [0.25, 0.3) is 5.91 Å². The maximum atomic E-state index is 13.8. The molecule has 158 valence electrons. The molecule has 1 atom stereocenters. The highest BCUT2D eigenvalue weighted by Crippen LogP contribution is 2.28. The lowest BCUT2D eigenvalue weighted by Crippen LogP contribution is -2.25. The zero-order chi connectivity index (χ0) is 22.2. The molecule has 0 saturated heterocycles. The van der Waals surface area contributed by atoms with Crippen molar-refractivity contribution in [1.82, 2.24) is 0 Å². The van der Waals surface area contributed by atoms with Crippen molar-refractivity contribution < 1.29 is 23.5 Å². The molecule has 3 aromatic rings. The first-order valence-corrected chi connectivity index (χ1v) is 9.61. The molecular formula is C25H22FNO4. The van der Waals surface area contributed by atoms with Crippen molar-refractivity contribution in [3.05, 3.63) is 101 Å². The van der Waals surface area contributed by atoms with Crippen LogP contribution in [0.5, 0.6) is 5.75 Å². The number of carbonyl (C=O) groups is 2. The average molecular weight is 419 g/mol. The number of aryl methyl sites for hydroxylation is 1. The maximum absolute atomic E-state index is 13.8. The molecule has 0 aliphatic heterocycles. The summed E-state index contributed by atoms with van der Waals surface area (Å²) in [5.74, 6) is -1.29. The van der Waals surface area contributed by atoms with E-state index in [1.165, 1.54) is 25.3 Å². The largest absolute Gasteiger partial charge is 0.495 e. The topological polar surface area (TPSA) is 64.6 Å². The molecule has 0 aromatic heterocycles. The molecule has 1 amide bonds. The smallest absolute Gasteiger partial charge is 0.331 e. The van der Waals surface area contributed by atoms with Crippen LogP contribution in [0.3, 0.4) is 0 Å². The van der Waals surface area contributed by atoms with Crippen LogP contribution < -0.4 is 10.1 Å². The van der Waals surface area contributed by atoms with Crippen LogP contribution in [0.25, 0.3) is 6.08 Å². The molecule has 0 aliphatic carbocycles. The first kappa shape index (κ1) is 21.8. The molecule has 5 nitrogen and oxygen atoms in total. The van der Waals surface area contributed by atoms with E-state index in [-0.39, 0.29) is 5.56 Å². The van der Waals surface area contributed by atoms with Crippen LogP contribution in [0.2, 0.25) is 0 Å². The van der Waals surface area contributed by atoms with Gasteiger partial charge in [-0.15, -0.1) is 0 Å². The van der Waals surface area contributed by atoms with Gasteiger partial charge in [0.05, 0.1) is 12.8 Å². The third kappa shape index (κ3) is 5.79. The fourth-order valence-corrected chi connectivity index (χ4v) is 2.94. The second-order valence-electron chi connectivity index (χ2n) is 6.78. The van der Waals surface area contributed by atoms with Gasteiger partial charge >= 0.3 is 5.97 Å². The first-order chi connectivity index (χ1) is 15.0. The summed E-state index contributed by atoms with van der Waals surface area (Å²) < 4.78 is 24.5. The Kier molecular flexibility index (Phi) is 7.17. The maximum Gasteiger partial charge on any atom is 0.331 e. The predicted octanol–water partition coefficient (Wildman–Crippen LogP) is 5.08. The molecule has 31 heavy (non-hydrogen) atoms. The Bertz CT molecular complexity index is 1100. The average Bonchev–Trinajstić information content (AvgIpc) is 2.77. The quantitative estimate of drug-likeness (QED) is 0.429. The summed E-state index contributed by atoms with van der Waals surface area (Å²) in [6, 6.07) is 20.0. The molecule has 0 spiro atoms. The van der Waals surface area contributed by atoms with E-state index >= 15 is 0 Å². The fraction of sp³-hybridized carbons (Fsp3) is 0.120. The molecule has 0 fully saturated rings. The summed E-state index contributed by atoms with van der Waals surface area (Å²) in [5.41, 5.74) is 2.13. The van der Waals surface area contributed by atoms with Crippen LogP contribution in [0, 0.1) is 12.7 Å². The Balaban J connectivity index is 1.82. The SMILES string of the molecule is COc1ccc(C)cc1NC(=O)[C@H](OC(=O)/C=C/c1ccccc1F)c1ccccc1. The van der Waals surface area contributed by atoms with E-state index in [2.05, 4.69) is 5.32 Å². The zero-order valence-electron chi connectivity index (χ0n) is 17.2. The second kappa shape index (κ2) is 10.2. The van der Waals surface area contributed by atoms with Crippen molar-refractivity contribution >= 4 is 23.6 Å². The van der Waals surface area contributed by atoms with Crippen molar-refractivity contribution in [2.24, 2.45) is 0 Å². The third-order valence-electron chi connectivity index (χ3n) is 4.49. The summed E-state index contributed by atoms with van der Waals surface area (Å²) in [7, 11) is 1.50. The minimum Gasteiger partial charge on any atom is -0.495 e. The van der Waals surface area contributed by atoms with Crippen molar-refractivity contribution in [3.63, 3.8) is 0 Å². The van der Waals surface area contributed by atoms with Crippen molar-refractivity contribution in [2.45, 2.75) is 13.0 Å². The number of amides is 1. The minimum atomic E-state index is -1.20. The molecular weight excluding hydrogens is 397 g/mol. The van der Waals surface area contributed by atoms with Gasteiger partial charge in [0.1, 0.15) is 11.6 Å². The van der Waals surface area contributed by atoms with Gasteiger partial charge < -0.3 is 14.8 Å². The number of ether oxygens (including phenoxy) is 2. The predicted molar refractivity (Wildman–Crippen MR) is 117 cm³/mol. The lowest BCUT2D eigenvalue weighted by molar-refractivity contribution is -0.149. The fourth-order valence-electron chi connectivity index (χ4n) is 2.94. The van der Waals surface area contributed by atoms with Crippen molar-refractivity contribution in [3.8, 4) is 5.75 Å². The normalized spacial score (nSPS) is 11.7. The van der Waals surface area contributed by atoms with Crippen LogP contribution in [-0.4, -0.2) is 19.0 Å². The van der Waals surface area contributed by atoms with Crippen LogP contribution in [0.4, 0.5) is 10.1 Å². The number of hydrogen-bond donors (Lipinski definition) is 1. The van der Waals surface area contributed by atoms with E-state index in [9.17, 15) is 14.0 Å². The number of halogens is 1. The minimum absolute atomic E-state index is 0.240. The summed E-state index contributed by atoms with van der Waals surface area (Å²) in [4.78, 5) is 25.4. The highest BCUT2D eigenvalue weighted by Gasteiger charge is 2.25. The Morgan fingerprint density at radius 2 is 1.71 bits per heavy atom. The van der Waals surface area contributed by atoms with E-state index < -0.39 is 23.8 Å². The first-order valence-electron chi connectivity index (χ1n) is 9.61. The third-order valence-corrected chi connectivity index (χ3v) is 4.49. The number of anilines is 1. The van der Waals surface area contributed by atoms with E-state index in [0.29, 0.717) is 17.0 Å². The molecule has 3 rings (SSSR count). The van der Waals surface area contributed by atoms with Gasteiger partial charge in [-0.2, -0.15) is 0 Å². The highest BCUT2D eigenvalue weighted by molar-refractivity contribution is 5.98. The van der Waals surface area contributed by atoms with Crippen molar-refractivity contribution in [2.75, 3.05) is 12.4 Å². The molecule has 3 aromatic carbocycles. The molecule has 0 unspecified atom stereocenters.